The van der Waals surface area contributed by atoms with Gasteiger partial charge in [0.1, 0.15) is 11.5 Å². The van der Waals surface area contributed by atoms with Gasteiger partial charge in [-0.3, -0.25) is 9.59 Å². The number of carbonyl (C=O) groups is 4. The van der Waals surface area contributed by atoms with Crippen molar-refractivity contribution < 1.29 is 49.1 Å². The number of aromatic hydroxyl groups is 2. The summed E-state index contributed by atoms with van der Waals surface area (Å²) in [6.45, 7) is 0.586. The van der Waals surface area contributed by atoms with Gasteiger partial charge < -0.3 is 29.9 Å². The molecule has 0 heterocycles. The van der Waals surface area contributed by atoms with E-state index < -0.39 is 17.4 Å². The number of esters is 2. The van der Waals surface area contributed by atoms with E-state index in [4.69, 9.17) is 14.6 Å². The monoisotopic (exact) mass is 822 g/mol. The molecule has 322 valence electrons. The lowest BCUT2D eigenvalue weighted by molar-refractivity contribution is -0.151. The predicted octanol–water partition coefficient (Wildman–Crippen LogP) is 12.0. The topological polar surface area (TPSA) is 168 Å². The largest absolute Gasteiger partial charge is 0.508 e. The standard InChI is InChI=1S/C50H62O10/c51-44-29-25-40(26-30-44)38-17-21-42(22-18-38)47(55)59-36-14-8-6-12-34-50(49(57)58,33-11-5-3-1-2-4-10-16-46(53)54)35-13-7-9-15-37-60-48(56)43-23-19-39(20-24-43)41-27-31-45(52)32-28-41/h17-32,51-52H,1-16,33-37H2,(H,53,54)(H,57,58). The van der Waals surface area contributed by atoms with Gasteiger partial charge in [0.05, 0.1) is 29.8 Å². The van der Waals surface area contributed by atoms with Crippen LogP contribution in [-0.4, -0.2) is 57.5 Å². The fourth-order valence-corrected chi connectivity index (χ4v) is 7.56. The Bertz CT molecular complexity index is 1770. The van der Waals surface area contributed by atoms with Crippen LogP contribution in [-0.2, 0) is 19.1 Å². The summed E-state index contributed by atoms with van der Waals surface area (Å²) >= 11 is 0. The third-order valence-corrected chi connectivity index (χ3v) is 11.2. The van der Waals surface area contributed by atoms with Crippen LogP contribution in [0.5, 0.6) is 11.5 Å². The summed E-state index contributed by atoms with van der Waals surface area (Å²) in [5.74, 6) is -1.88. The number of carboxylic acid groups (broad SMARTS) is 2. The van der Waals surface area contributed by atoms with Crippen LogP contribution in [0.2, 0.25) is 0 Å². The maximum atomic E-state index is 12.9. The molecule has 0 aliphatic heterocycles. The third-order valence-electron chi connectivity index (χ3n) is 11.2. The zero-order valence-corrected chi connectivity index (χ0v) is 34.8. The minimum absolute atomic E-state index is 0.195. The van der Waals surface area contributed by atoms with Gasteiger partial charge >= 0.3 is 23.9 Å². The number of phenols is 2. The summed E-state index contributed by atoms with van der Waals surface area (Å²) in [4.78, 5) is 48.9. The van der Waals surface area contributed by atoms with Crippen molar-refractivity contribution in [1.29, 1.82) is 0 Å². The van der Waals surface area contributed by atoms with Gasteiger partial charge in [-0.25, -0.2) is 9.59 Å². The minimum Gasteiger partial charge on any atom is -0.508 e. The lowest BCUT2D eigenvalue weighted by Gasteiger charge is -2.30. The number of carboxylic acids is 2. The highest BCUT2D eigenvalue weighted by Gasteiger charge is 2.36. The van der Waals surface area contributed by atoms with Crippen LogP contribution in [0.25, 0.3) is 22.3 Å². The van der Waals surface area contributed by atoms with Crippen LogP contribution in [0.4, 0.5) is 0 Å². The smallest absolute Gasteiger partial charge is 0.338 e. The molecule has 0 bridgehead atoms. The normalized spacial score (nSPS) is 11.3. The van der Waals surface area contributed by atoms with E-state index >= 15 is 0 Å². The Balaban J connectivity index is 1.17. The molecule has 0 aliphatic carbocycles. The highest BCUT2D eigenvalue weighted by molar-refractivity contribution is 5.90. The Labute approximate surface area is 354 Å². The quantitative estimate of drug-likeness (QED) is 0.0305. The van der Waals surface area contributed by atoms with E-state index in [0.29, 0.717) is 62.9 Å². The average molecular weight is 823 g/mol. The Morgan fingerprint density at radius 1 is 0.400 bits per heavy atom. The number of hydrogen-bond acceptors (Lipinski definition) is 8. The maximum absolute atomic E-state index is 12.9. The van der Waals surface area contributed by atoms with Gasteiger partial charge in [0.25, 0.3) is 0 Å². The van der Waals surface area contributed by atoms with Crippen molar-refractivity contribution in [3.8, 4) is 33.8 Å². The first kappa shape index (κ1) is 47.0. The molecule has 0 atom stereocenters. The number of hydrogen-bond donors (Lipinski definition) is 4. The zero-order valence-electron chi connectivity index (χ0n) is 34.8. The van der Waals surface area contributed by atoms with Gasteiger partial charge in [-0.2, -0.15) is 0 Å². The Hall–Kier alpha value is -5.64. The summed E-state index contributed by atoms with van der Waals surface area (Å²) in [7, 11) is 0. The Kier molecular flexibility index (Phi) is 20.2. The molecule has 0 saturated heterocycles. The highest BCUT2D eigenvalue weighted by atomic mass is 16.5. The van der Waals surface area contributed by atoms with E-state index in [2.05, 4.69) is 0 Å². The van der Waals surface area contributed by atoms with Crippen LogP contribution in [0, 0.1) is 5.41 Å². The van der Waals surface area contributed by atoms with Gasteiger partial charge in [-0.05, 0) is 109 Å². The number of ether oxygens (including phenoxy) is 2. The maximum Gasteiger partial charge on any atom is 0.338 e. The highest BCUT2D eigenvalue weighted by Crippen LogP contribution is 2.38. The fraction of sp³-hybridized carbons (Fsp3) is 0.440. The van der Waals surface area contributed by atoms with Gasteiger partial charge in [-0.1, -0.05) is 126 Å². The first-order valence-electron chi connectivity index (χ1n) is 21.6. The molecule has 0 unspecified atom stereocenters. The Morgan fingerprint density at radius 2 is 0.700 bits per heavy atom. The van der Waals surface area contributed by atoms with Gasteiger partial charge in [0, 0.05) is 6.42 Å². The number of phenolic OH excluding ortho intramolecular Hbond substituents is 2. The second-order valence-electron chi connectivity index (χ2n) is 15.8. The van der Waals surface area contributed by atoms with E-state index in [-0.39, 0.29) is 29.9 Å². The van der Waals surface area contributed by atoms with Crippen molar-refractivity contribution in [2.24, 2.45) is 5.41 Å². The fourth-order valence-electron chi connectivity index (χ4n) is 7.56. The molecule has 10 heteroatoms. The lowest BCUT2D eigenvalue weighted by atomic mass is 9.74. The van der Waals surface area contributed by atoms with Gasteiger partial charge in [-0.15, -0.1) is 0 Å². The second kappa shape index (κ2) is 25.8. The zero-order chi connectivity index (χ0) is 43.0. The first-order chi connectivity index (χ1) is 29.1. The molecule has 4 aromatic rings. The van der Waals surface area contributed by atoms with Crippen LogP contribution in [0.3, 0.4) is 0 Å². The molecule has 0 saturated carbocycles. The van der Waals surface area contributed by atoms with E-state index in [9.17, 15) is 34.5 Å². The summed E-state index contributed by atoms with van der Waals surface area (Å²) in [5, 5.41) is 38.5. The van der Waals surface area contributed by atoms with Crippen molar-refractivity contribution in [3.05, 3.63) is 108 Å². The molecular formula is C50H62O10. The summed E-state index contributed by atoms with van der Waals surface area (Å²) in [6.07, 6.45) is 14.7. The number of unbranched alkanes of at least 4 members (excludes halogenated alkanes) is 12. The molecule has 4 rings (SSSR count). The second-order valence-corrected chi connectivity index (χ2v) is 15.8. The molecule has 0 amide bonds. The van der Waals surface area contributed by atoms with E-state index in [1.54, 1.807) is 48.5 Å². The van der Waals surface area contributed by atoms with Crippen LogP contribution in [0.15, 0.2) is 97.1 Å². The summed E-state index contributed by atoms with van der Waals surface area (Å²) in [5.41, 5.74) is 3.86. The molecule has 0 spiro atoms. The first-order valence-corrected chi connectivity index (χ1v) is 21.6. The van der Waals surface area contributed by atoms with Crippen molar-refractivity contribution in [3.63, 3.8) is 0 Å². The molecule has 60 heavy (non-hydrogen) atoms. The number of carbonyl (C=O) groups excluding carboxylic acids is 2. The van der Waals surface area contributed by atoms with Gasteiger partial charge in [0.2, 0.25) is 0 Å². The third kappa shape index (κ3) is 16.5. The van der Waals surface area contributed by atoms with Crippen molar-refractivity contribution in [1.82, 2.24) is 0 Å². The Morgan fingerprint density at radius 3 is 1.03 bits per heavy atom. The van der Waals surface area contributed by atoms with E-state index in [1.165, 1.54) is 0 Å². The SMILES string of the molecule is O=C(O)CCCCCCCCCC(CCCCCCOC(=O)c1ccc(-c2ccc(O)cc2)cc1)(CCCCCCOC(=O)c1ccc(-c2ccc(O)cc2)cc1)C(=O)O. The van der Waals surface area contributed by atoms with Crippen molar-refractivity contribution in [2.75, 3.05) is 13.2 Å². The number of rotatable bonds is 29. The molecule has 4 aromatic carbocycles. The average Bonchev–Trinajstić information content (AvgIpc) is 3.25. The molecule has 0 aromatic heterocycles. The number of benzene rings is 4. The van der Waals surface area contributed by atoms with E-state index in [1.807, 2.05) is 48.5 Å². The molecule has 4 N–H and O–H groups in total. The van der Waals surface area contributed by atoms with Crippen molar-refractivity contribution in [2.45, 2.75) is 122 Å². The molecule has 0 aliphatic rings. The van der Waals surface area contributed by atoms with Crippen LogP contribution in [0.1, 0.15) is 143 Å². The molecule has 0 radical (unpaired) electrons. The predicted molar refractivity (Wildman–Crippen MR) is 233 cm³/mol. The molecule has 10 nitrogen and oxygen atoms in total. The van der Waals surface area contributed by atoms with Crippen LogP contribution < -0.4 is 0 Å². The molecule has 0 fully saturated rings. The van der Waals surface area contributed by atoms with E-state index in [0.717, 1.165) is 99.3 Å². The number of aliphatic carboxylic acids is 2. The van der Waals surface area contributed by atoms with Gasteiger partial charge in [0.15, 0.2) is 0 Å². The minimum atomic E-state index is -0.807. The summed E-state index contributed by atoms with van der Waals surface area (Å²) < 4.78 is 11.0. The lowest BCUT2D eigenvalue weighted by Crippen LogP contribution is -2.31. The summed E-state index contributed by atoms with van der Waals surface area (Å²) in [6, 6.07) is 28.1. The van der Waals surface area contributed by atoms with Crippen molar-refractivity contribution >= 4 is 23.9 Å². The molecular weight excluding hydrogens is 761 g/mol. The van der Waals surface area contributed by atoms with Crippen LogP contribution >= 0.6 is 0 Å².